The molecule has 0 unspecified atom stereocenters. The Morgan fingerprint density at radius 3 is 2.62 bits per heavy atom. The summed E-state index contributed by atoms with van der Waals surface area (Å²) in [5.74, 6) is 0.970. The van der Waals surface area contributed by atoms with E-state index in [9.17, 15) is 0 Å². The highest BCUT2D eigenvalue weighted by Gasteiger charge is 2.21. The lowest BCUT2D eigenvalue weighted by Crippen LogP contribution is -2.46. The lowest BCUT2D eigenvalue weighted by atomic mass is 10.1. The van der Waals surface area contributed by atoms with Gasteiger partial charge in [0.1, 0.15) is 0 Å². The monoisotopic (exact) mass is 447 g/mol. The number of rotatable bonds is 6. The summed E-state index contributed by atoms with van der Waals surface area (Å²) in [7, 11) is 3.57. The molecule has 0 radical (unpaired) electrons. The van der Waals surface area contributed by atoms with E-state index in [0.717, 1.165) is 45.0 Å². The van der Waals surface area contributed by atoms with E-state index < -0.39 is 0 Å². The normalized spacial score (nSPS) is 16.0. The molecule has 5 nitrogen and oxygen atoms in total. The van der Waals surface area contributed by atoms with Crippen LogP contribution in [0.15, 0.2) is 29.3 Å². The maximum Gasteiger partial charge on any atom is 0.193 e. The molecule has 1 aliphatic heterocycles. The molecule has 1 heterocycles. The second-order valence-electron chi connectivity index (χ2n) is 5.80. The number of aliphatic imine (C=N–C) groups is 1. The van der Waals surface area contributed by atoms with Crippen molar-refractivity contribution in [2.45, 2.75) is 39.0 Å². The van der Waals surface area contributed by atoms with E-state index in [-0.39, 0.29) is 24.0 Å². The van der Waals surface area contributed by atoms with Gasteiger partial charge in [0.05, 0.1) is 12.7 Å². The maximum absolute atomic E-state index is 5.71. The van der Waals surface area contributed by atoms with Crippen LogP contribution in [0.5, 0.6) is 0 Å². The molecule has 0 amide bonds. The molecule has 0 spiro atoms. The van der Waals surface area contributed by atoms with Crippen LogP contribution >= 0.6 is 24.0 Å². The van der Waals surface area contributed by atoms with E-state index in [1.165, 1.54) is 11.1 Å². The van der Waals surface area contributed by atoms with Crippen molar-refractivity contribution < 1.29 is 9.47 Å². The number of guanidine groups is 1. The molecule has 0 bridgehead atoms. The van der Waals surface area contributed by atoms with Crippen LogP contribution in [0.25, 0.3) is 0 Å². The summed E-state index contributed by atoms with van der Waals surface area (Å²) >= 11 is 0. The summed E-state index contributed by atoms with van der Waals surface area (Å²) in [6.45, 7) is 6.27. The Hall–Kier alpha value is -0.860. The molecular weight excluding hydrogens is 417 g/mol. The fourth-order valence-electron chi connectivity index (χ4n) is 2.98. The van der Waals surface area contributed by atoms with E-state index in [1.54, 1.807) is 7.11 Å². The molecule has 1 aromatic carbocycles. The number of piperidine rings is 1. The zero-order valence-corrected chi connectivity index (χ0v) is 17.3. The molecule has 1 aliphatic rings. The highest BCUT2D eigenvalue weighted by molar-refractivity contribution is 14.0. The standard InChI is InChI=1S/C18H29N3O2.HI/c1-4-23-17-8-10-21(11-9-17)18(19-2)20-13-15-6-5-7-16(12-15)14-22-3;/h5-7,12,17H,4,8-11,13-14H2,1-3H3,(H,19,20);1H. The molecule has 0 saturated carbocycles. The van der Waals surface area contributed by atoms with E-state index >= 15 is 0 Å². The molecular formula is C18H30IN3O2. The van der Waals surface area contributed by atoms with Gasteiger partial charge >= 0.3 is 0 Å². The number of halogens is 1. The Bertz CT molecular complexity index is 503. The van der Waals surface area contributed by atoms with E-state index in [4.69, 9.17) is 9.47 Å². The predicted octanol–water partition coefficient (Wildman–Crippen LogP) is 3.03. The van der Waals surface area contributed by atoms with Gasteiger partial charge in [0.2, 0.25) is 0 Å². The third-order valence-corrected chi connectivity index (χ3v) is 4.11. The van der Waals surface area contributed by atoms with Gasteiger partial charge in [-0.15, -0.1) is 24.0 Å². The lowest BCUT2D eigenvalue weighted by Gasteiger charge is -2.34. The topological polar surface area (TPSA) is 46.1 Å². The number of hydrogen-bond acceptors (Lipinski definition) is 3. The number of benzene rings is 1. The maximum atomic E-state index is 5.71. The van der Waals surface area contributed by atoms with Crippen LogP contribution in [-0.4, -0.2) is 50.8 Å². The van der Waals surface area contributed by atoms with Gasteiger partial charge in [0.25, 0.3) is 0 Å². The van der Waals surface area contributed by atoms with Crippen LogP contribution in [-0.2, 0) is 22.6 Å². The van der Waals surface area contributed by atoms with Gasteiger partial charge in [0.15, 0.2) is 5.96 Å². The Morgan fingerprint density at radius 1 is 1.29 bits per heavy atom. The quantitative estimate of drug-likeness (QED) is 0.414. The molecule has 1 saturated heterocycles. The van der Waals surface area contributed by atoms with Crippen molar-refractivity contribution >= 4 is 29.9 Å². The van der Waals surface area contributed by atoms with E-state index in [1.807, 2.05) is 7.05 Å². The molecule has 24 heavy (non-hydrogen) atoms. The van der Waals surface area contributed by atoms with Crippen molar-refractivity contribution in [2.24, 2.45) is 4.99 Å². The second-order valence-corrected chi connectivity index (χ2v) is 5.80. The first kappa shape index (κ1) is 21.2. The first-order valence-corrected chi connectivity index (χ1v) is 8.40. The van der Waals surface area contributed by atoms with E-state index in [2.05, 4.69) is 46.4 Å². The number of nitrogens with one attached hydrogen (secondary N) is 1. The number of nitrogens with zero attached hydrogens (tertiary/aromatic N) is 2. The SMILES string of the molecule is CCOC1CCN(C(=NC)NCc2cccc(COC)c2)CC1.I. The van der Waals surface area contributed by atoms with Gasteiger partial charge in [-0.05, 0) is 30.9 Å². The summed E-state index contributed by atoms with van der Waals surface area (Å²) in [6.07, 6.45) is 2.54. The fraction of sp³-hybridized carbons (Fsp3) is 0.611. The number of likely N-dealkylation sites (tertiary alicyclic amines) is 1. The predicted molar refractivity (Wildman–Crippen MR) is 109 cm³/mol. The summed E-state index contributed by atoms with van der Waals surface area (Å²) < 4.78 is 10.9. The third-order valence-electron chi connectivity index (χ3n) is 4.11. The second kappa shape index (κ2) is 11.7. The van der Waals surface area contributed by atoms with Crippen LogP contribution in [0.2, 0.25) is 0 Å². The molecule has 0 atom stereocenters. The Kier molecular flexibility index (Phi) is 10.3. The Balaban J connectivity index is 0.00000288. The molecule has 0 aromatic heterocycles. The van der Waals surface area contributed by atoms with Crippen LogP contribution in [0.4, 0.5) is 0 Å². The van der Waals surface area contributed by atoms with Crippen molar-refractivity contribution in [3.8, 4) is 0 Å². The number of hydrogen-bond donors (Lipinski definition) is 1. The smallest absolute Gasteiger partial charge is 0.193 e. The minimum absolute atomic E-state index is 0. The lowest BCUT2D eigenvalue weighted by molar-refractivity contribution is 0.0263. The van der Waals surface area contributed by atoms with Gasteiger partial charge in [0, 0.05) is 40.4 Å². The molecule has 1 N–H and O–H groups in total. The molecule has 1 aromatic rings. The van der Waals surface area contributed by atoms with Crippen molar-refractivity contribution in [3.63, 3.8) is 0 Å². The summed E-state index contributed by atoms with van der Waals surface area (Å²) in [4.78, 5) is 6.74. The molecule has 2 rings (SSSR count). The molecule has 0 aliphatic carbocycles. The first-order chi connectivity index (χ1) is 11.3. The van der Waals surface area contributed by atoms with E-state index in [0.29, 0.717) is 12.7 Å². The zero-order chi connectivity index (χ0) is 16.5. The fourth-order valence-corrected chi connectivity index (χ4v) is 2.98. The van der Waals surface area contributed by atoms with Gasteiger partial charge in [-0.1, -0.05) is 24.3 Å². The number of methoxy groups -OCH3 is 1. The largest absolute Gasteiger partial charge is 0.380 e. The highest BCUT2D eigenvalue weighted by Crippen LogP contribution is 2.14. The minimum Gasteiger partial charge on any atom is -0.380 e. The molecule has 136 valence electrons. The molecule has 6 heteroatoms. The zero-order valence-electron chi connectivity index (χ0n) is 15.0. The minimum atomic E-state index is 0. The van der Waals surface area contributed by atoms with Crippen molar-refractivity contribution in [3.05, 3.63) is 35.4 Å². The first-order valence-electron chi connectivity index (χ1n) is 8.40. The van der Waals surface area contributed by atoms with Crippen LogP contribution in [0, 0.1) is 0 Å². The van der Waals surface area contributed by atoms with Crippen molar-refractivity contribution in [1.82, 2.24) is 10.2 Å². The average molecular weight is 447 g/mol. The Labute approximate surface area is 162 Å². The Morgan fingerprint density at radius 2 is 2.00 bits per heavy atom. The van der Waals surface area contributed by atoms with Gasteiger partial charge in [-0.2, -0.15) is 0 Å². The van der Waals surface area contributed by atoms with Crippen LogP contribution in [0.3, 0.4) is 0 Å². The number of ether oxygens (including phenoxy) is 2. The van der Waals surface area contributed by atoms with Crippen molar-refractivity contribution in [2.75, 3.05) is 33.9 Å². The summed E-state index contributed by atoms with van der Waals surface area (Å²) in [6, 6.07) is 8.45. The summed E-state index contributed by atoms with van der Waals surface area (Å²) in [5.41, 5.74) is 2.43. The van der Waals surface area contributed by atoms with Gasteiger partial charge < -0.3 is 19.7 Å². The van der Waals surface area contributed by atoms with Crippen LogP contribution < -0.4 is 5.32 Å². The molecule has 1 fully saturated rings. The third kappa shape index (κ3) is 6.57. The van der Waals surface area contributed by atoms with Gasteiger partial charge in [-0.3, -0.25) is 4.99 Å². The highest BCUT2D eigenvalue weighted by atomic mass is 127. The summed E-state index contributed by atoms with van der Waals surface area (Å²) in [5, 5.41) is 3.47. The van der Waals surface area contributed by atoms with Crippen molar-refractivity contribution in [1.29, 1.82) is 0 Å². The van der Waals surface area contributed by atoms with Gasteiger partial charge in [-0.25, -0.2) is 0 Å². The van der Waals surface area contributed by atoms with Crippen LogP contribution in [0.1, 0.15) is 30.9 Å². The average Bonchev–Trinajstić information content (AvgIpc) is 2.58.